The zero-order chi connectivity index (χ0) is 15.1. The summed E-state index contributed by atoms with van der Waals surface area (Å²) in [6.07, 6.45) is 0.00572. The third-order valence-corrected chi connectivity index (χ3v) is 6.13. The molecule has 3 N–H and O–H groups in total. The second kappa shape index (κ2) is 5.52. The van der Waals surface area contributed by atoms with E-state index < -0.39 is 16.1 Å². The summed E-state index contributed by atoms with van der Waals surface area (Å²) >= 11 is 5.89. The third kappa shape index (κ3) is 2.79. The highest BCUT2D eigenvalue weighted by Gasteiger charge is 2.33. The van der Waals surface area contributed by atoms with Gasteiger partial charge in [-0.25, -0.2) is 8.42 Å². The van der Waals surface area contributed by atoms with Crippen LogP contribution < -0.4 is 5.73 Å². The Labute approximate surface area is 124 Å². The molecule has 20 heavy (non-hydrogen) atoms. The molecule has 0 amide bonds. The molecule has 0 spiro atoms. The molecule has 0 radical (unpaired) electrons. The van der Waals surface area contributed by atoms with Crippen molar-refractivity contribution >= 4 is 27.3 Å². The van der Waals surface area contributed by atoms with Crippen LogP contribution in [-0.2, 0) is 10.0 Å². The molecule has 1 aliphatic heterocycles. The number of aryl methyl sites for hydroxylation is 1. The van der Waals surface area contributed by atoms with Gasteiger partial charge in [0, 0.05) is 13.1 Å². The third-order valence-electron chi connectivity index (χ3n) is 3.79. The molecule has 1 aromatic rings. The van der Waals surface area contributed by atoms with Gasteiger partial charge in [-0.05, 0) is 37.0 Å². The molecule has 2 rings (SSSR count). The lowest BCUT2D eigenvalue weighted by Crippen LogP contribution is -2.45. The van der Waals surface area contributed by atoms with Crippen molar-refractivity contribution < 1.29 is 13.5 Å². The van der Waals surface area contributed by atoms with Crippen LogP contribution in [-0.4, -0.2) is 37.0 Å². The molecule has 112 valence electrons. The van der Waals surface area contributed by atoms with Gasteiger partial charge in [-0.1, -0.05) is 18.5 Å². The van der Waals surface area contributed by atoms with Crippen molar-refractivity contribution in [2.24, 2.45) is 5.92 Å². The number of nitrogens with two attached hydrogens (primary N) is 1. The van der Waals surface area contributed by atoms with Crippen molar-refractivity contribution in [2.45, 2.75) is 31.3 Å². The van der Waals surface area contributed by atoms with E-state index in [-0.39, 0.29) is 23.0 Å². The number of benzene rings is 1. The van der Waals surface area contributed by atoms with Crippen LogP contribution in [0.1, 0.15) is 18.9 Å². The van der Waals surface area contributed by atoms with E-state index in [0.29, 0.717) is 23.6 Å². The summed E-state index contributed by atoms with van der Waals surface area (Å²) in [6.45, 7) is 4.12. The molecular formula is C13H19ClN2O3S. The van der Waals surface area contributed by atoms with Crippen molar-refractivity contribution in [1.29, 1.82) is 0 Å². The van der Waals surface area contributed by atoms with Gasteiger partial charge in [0.1, 0.15) is 0 Å². The van der Waals surface area contributed by atoms with Crippen LogP contribution in [0.5, 0.6) is 0 Å². The fourth-order valence-corrected chi connectivity index (χ4v) is 4.26. The average Bonchev–Trinajstić information content (AvgIpc) is 2.36. The van der Waals surface area contributed by atoms with E-state index in [1.54, 1.807) is 13.0 Å². The van der Waals surface area contributed by atoms with Crippen LogP contribution in [0.4, 0.5) is 5.69 Å². The Bertz CT molecular complexity index is 618. The molecule has 0 aliphatic carbocycles. The first-order valence-corrected chi connectivity index (χ1v) is 8.29. The Morgan fingerprint density at radius 1 is 1.45 bits per heavy atom. The first-order chi connectivity index (χ1) is 9.23. The quantitative estimate of drug-likeness (QED) is 0.812. The number of rotatable bonds is 2. The second-order valence-corrected chi connectivity index (χ2v) is 7.65. The molecule has 0 saturated carbocycles. The minimum atomic E-state index is -3.65. The normalized spacial score (nSPS) is 24.8. The van der Waals surface area contributed by atoms with Crippen LogP contribution in [0.3, 0.4) is 0 Å². The number of aliphatic hydroxyl groups is 1. The molecular weight excluding hydrogens is 300 g/mol. The van der Waals surface area contributed by atoms with E-state index >= 15 is 0 Å². The lowest BCUT2D eigenvalue weighted by atomic mass is 9.98. The van der Waals surface area contributed by atoms with Gasteiger partial charge in [-0.2, -0.15) is 4.31 Å². The predicted octanol–water partition coefficient (Wildman–Crippen LogP) is 1.62. The molecule has 0 bridgehead atoms. The number of nitrogens with zero attached hydrogens (tertiary/aromatic N) is 1. The van der Waals surface area contributed by atoms with E-state index in [4.69, 9.17) is 17.3 Å². The van der Waals surface area contributed by atoms with Crippen LogP contribution in [0, 0.1) is 12.8 Å². The lowest BCUT2D eigenvalue weighted by Gasteiger charge is -2.33. The predicted molar refractivity (Wildman–Crippen MR) is 79.1 cm³/mol. The summed E-state index contributed by atoms with van der Waals surface area (Å²) in [5.74, 6) is 0.109. The van der Waals surface area contributed by atoms with Gasteiger partial charge in [0.2, 0.25) is 10.0 Å². The number of halogens is 1. The monoisotopic (exact) mass is 318 g/mol. The van der Waals surface area contributed by atoms with Crippen molar-refractivity contribution in [1.82, 2.24) is 4.31 Å². The Morgan fingerprint density at radius 2 is 2.10 bits per heavy atom. The smallest absolute Gasteiger partial charge is 0.243 e. The number of nitrogen functional groups attached to an aromatic ring is 1. The minimum absolute atomic E-state index is 0.109. The molecule has 0 aromatic heterocycles. The van der Waals surface area contributed by atoms with E-state index in [9.17, 15) is 13.5 Å². The van der Waals surface area contributed by atoms with Crippen LogP contribution >= 0.6 is 11.6 Å². The van der Waals surface area contributed by atoms with Crippen molar-refractivity contribution in [3.05, 3.63) is 22.7 Å². The highest BCUT2D eigenvalue weighted by molar-refractivity contribution is 7.89. The molecule has 2 unspecified atom stereocenters. The lowest BCUT2D eigenvalue weighted by molar-refractivity contribution is 0.0605. The van der Waals surface area contributed by atoms with E-state index in [1.807, 2.05) is 6.92 Å². The van der Waals surface area contributed by atoms with Gasteiger partial charge in [-0.3, -0.25) is 0 Å². The number of sulfonamides is 1. The Morgan fingerprint density at radius 3 is 2.70 bits per heavy atom. The van der Waals surface area contributed by atoms with Gasteiger partial charge in [0.25, 0.3) is 0 Å². The Hall–Kier alpha value is -0.820. The SMILES string of the molecule is Cc1cc(Cl)c(N)cc1S(=O)(=O)N1CCC(C)C(O)C1. The van der Waals surface area contributed by atoms with Gasteiger partial charge >= 0.3 is 0 Å². The van der Waals surface area contributed by atoms with Gasteiger partial charge < -0.3 is 10.8 Å². The van der Waals surface area contributed by atoms with Crippen LogP contribution in [0.25, 0.3) is 0 Å². The molecule has 1 aromatic carbocycles. The largest absolute Gasteiger partial charge is 0.397 e. The maximum atomic E-state index is 12.6. The number of anilines is 1. The van der Waals surface area contributed by atoms with Crippen molar-refractivity contribution in [3.63, 3.8) is 0 Å². The first-order valence-electron chi connectivity index (χ1n) is 6.47. The molecule has 7 heteroatoms. The average molecular weight is 319 g/mol. The number of aliphatic hydroxyl groups excluding tert-OH is 1. The Kier molecular flexibility index (Phi) is 4.30. The minimum Gasteiger partial charge on any atom is -0.397 e. The second-order valence-electron chi connectivity index (χ2n) is 5.34. The molecule has 1 heterocycles. The molecule has 1 fully saturated rings. The molecule has 5 nitrogen and oxygen atoms in total. The Balaban J connectivity index is 2.38. The molecule has 1 saturated heterocycles. The summed E-state index contributed by atoms with van der Waals surface area (Å²) in [4.78, 5) is 0.154. The number of hydrogen-bond donors (Lipinski definition) is 2. The van der Waals surface area contributed by atoms with Crippen molar-refractivity contribution in [2.75, 3.05) is 18.8 Å². The summed E-state index contributed by atoms with van der Waals surface area (Å²) < 4.78 is 26.6. The maximum Gasteiger partial charge on any atom is 0.243 e. The fraction of sp³-hybridized carbons (Fsp3) is 0.538. The van der Waals surface area contributed by atoms with E-state index in [2.05, 4.69) is 0 Å². The fourth-order valence-electron chi connectivity index (χ4n) is 2.32. The number of piperidine rings is 1. The van der Waals surface area contributed by atoms with Gasteiger partial charge in [0.05, 0.1) is 21.7 Å². The standard InChI is InChI=1S/C13H19ClN2O3S/c1-8-3-4-16(7-12(8)17)20(18,19)13-6-11(15)10(14)5-9(13)2/h5-6,8,12,17H,3-4,7,15H2,1-2H3. The van der Waals surface area contributed by atoms with Crippen LogP contribution in [0.15, 0.2) is 17.0 Å². The van der Waals surface area contributed by atoms with E-state index in [0.717, 1.165) is 0 Å². The zero-order valence-corrected chi connectivity index (χ0v) is 13.1. The number of hydrogen-bond acceptors (Lipinski definition) is 4. The van der Waals surface area contributed by atoms with E-state index in [1.165, 1.54) is 10.4 Å². The first kappa shape index (κ1) is 15.6. The molecule has 2 atom stereocenters. The highest BCUT2D eigenvalue weighted by atomic mass is 35.5. The number of β-amino-alcohol motifs (C(OH)–C–C–N with tert-alkyl or cyclic N) is 1. The van der Waals surface area contributed by atoms with Crippen LogP contribution in [0.2, 0.25) is 5.02 Å². The summed E-state index contributed by atoms with van der Waals surface area (Å²) in [5, 5.41) is 10.2. The summed E-state index contributed by atoms with van der Waals surface area (Å²) in [6, 6.07) is 2.93. The van der Waals surface area contributed by atoms with Gasteiger partial charge in [-0.15, -0.1) is 0 Å². The zero-order valence-electron chi connectivity index (χ0n) is 11.5. The van der Waals surface area contributed by atoms with Crippen molar-refractivity contribution in [3.8, 4) is 0 Å². The summed E-state index contributed by atoms with van der Waals surface area (Å²) in [7, 11) is -3.65. The highest BCUT2D eigenvalue weighted by Crippen LogP contribution is 2.30. The maximum absolute atomic E-state index is 12.6. The van der Waals surface area contributed by atoms with Gasteiger partial charge in [0.15, 0.2) is 0 Å². The topological polar surface area (TPSA) is 83.6 Å². The summed E-state index contributed by atoms with van der Waals surface area (Å²) in [5.41, 5.74) is 6.49. The molecule has 1 aliphatic rings.